The minimum Gasteiger partial charge on any atom is -0.377 e. The van der Waals surface area contributed by atoms with Crippen LogP contribution in [0.5, 0.6) is 0 Å². The van der Waals surface area contributed by atoms with Gasteiger partial charge in [-0.3, -0.25) is 0 Å². The van der Waals surface area contributed by atoms with Crippen molar-refractivity contribution >= 4 is 22.6 Å². The first-order valence-electron chi connectivity index (χ1n) is 7.15. The number of benzene rings is 1. The molecule has 1 aromatic carbocycles. The third-order valence-electron chi connectivity index (χ3n) is 4.30. The molecule has 2 saturated carbocycles. The molecule has 2 aliphatic rings. The molecule has 4 atom stereocenters. The predicted molar refractivity (Wildman–Crippen MR) is 83.3 cm³/mol. The van der Waals surface area contributed by atoms with Crippen LogP contribution in [0.25, 0.3) is 0 Å². The van der Waals surface area contributed by atoms with Crippen LogP contribution in [0.3, 0.4) is 0 Å². The first-order valence-corrected chi connectivity index (χ1v) is 8.40. The lowest BCUT2D eigenvalue weighted by Crippen LogP contribution is -2.28. The molecule has 0 aliphatic heterocycles. The molecule has 1 aromatic rings. The maximum absolute atomic E-state index is 6.16. The van der Waals surface area contributed by atoms with Gasteiger partial charge in [0.2, 0.25) is 0 Å². The molecular formula is C16H21IO. The Morgan fingerprint density at radius 1 is 1.11 bits per heavy atom. The minimum absolute atomic E-state index is 0.524. The summed E-state index contributed by atoms with van der Waals surface area (Å²) in [5.41, 5.74) is 1.50. The standard InChI is InChI=1S/C16H21IO/c17-15-8-4-5-9-16(15)18-11-13-10-14(13)12-6-2-1-3-7-12/h1-3,6-7,13-16H,4-5,8-11H2/t13-,14-,15+,16-/m1/s1. The van der Waals surface area contributed by atoms with Gasteiger partial charge < -0.3 is 4.74 Å². The van der Waals surface area contributed by atoms with E-state index in [1.54, 1.807) is 0 Å². The zero-order valence-corrected chi connectivity index (χ0v) is 12.9. The van der Waals surface area contributed by atoms with Gasteiger partial charge in [-0.15, -0.1) is 0 Å². The van der Waals surface area contributed by atoms with Crippen molar-refractivity contribution in [2.24, 2.45) is 5.92 Å². The normalized spacial score (nSPS) is 35.4. The number of rotatable bonds is 4. The largest absolute Gasteiger partial charge is 0.377 e. The van der Waals surface area contributed by atoms with Crippen LogP contribution >= 0.6 is 22.6 Å². The Hall–Kier alpha value is -0.0900. The van der Waals surface area contributed by atoms with Gasteiger partial charge in [-0.2, -0.15) is 0 Å². The Bertz CT molecular complexity index is 378. The van der Waals surface area contributed by atoms with Crippen molar-refractivity contribution in [2.45, 2.75) is 48.1 Å². The Morgan fingerprint density at radius 2 is 1.89 bits per heavy atom. The Labute approximate surface area is 123 Å². The predicted octanol–water partition coefficient (Wildman–Crippen LogP) is 4.55. The highest BCUT2D eigenvalue weighted by molar-refractivity contribution is 14.1. The van der Waals surface area contributed by atoms with Gasteiger partial charge in [-0.1, -0.05) is 65.8 Å². The van der Waals surface area contributed by atoms with Crippen molar-refractivity contribution in [3.63, 3.8) is 0 Å². The average Bonchev–Trinajstić information content (AvgIpc) is 3.18. The summed E-state index contributed by atoms with van der Waals surface area (Å²) in [6, 6.07) is 10.9. The first-order chi connectivity index (χ1) is 8.84. The van der Waals surface area contributed by atoms with Crippen LogP contribution in [-0.2, 0) is 4.74 Å². The fourth-order valence-corrected chi connectivity index (χ4v) is 4.03. The molecule has 98 valence electrons. The summed E-state index contributed by atoms with van der Waals surface area (Å²) in [6.45, 7) is 0.976. The molecule has 2 heteroatoms. The fourth-order valence-electron chi connectivity index (χ4n) is 3.03. The molecule has 0 aromatic heterocycles. The number of hydrogen-bond acceptors (Lipinski definition) is 1. The first kappa shape index (κ1) is 12.9. The second-order valence-electron chi connectivity index (χ2n) is 5.69. The van der Waals surface area contributed by atoms with Gasteiger partial charge >= 0.3 is 0 Å². The van der Waals surface area contributed by atoms with Crippen molar-refractivity contribution in [2.75, 3.05) is 6.61 Å². The highest BCUT2D eigenvalue weighted by Crippen LogP contribution is 2.47. The van der Waals surface area contributed by atoms with Gasteiger partial charge in [0.15, 0.2) is 0 Å². The molecule has 18 heavy (non-hydrogen) atoms. The lowest BCUT2D eigenvalue weighted by molar-refractivity contribution is 0.0291. The molecule has 0 unspecified atom stereocenters. The molecule has 2 aliphatic carbocycles. The molecule has 0 bridgehead atoms. The van der Waals surface area contributed by atoms with Crippen molar-refractivity contribution in [3.05, 3.63) is 35.9 Å². The van der Waals surface area contributed by atoms with E-state index in [1.165, 1.54) is 37.7 Å². The number of hydrogen-bond donors (Lipinski definition) is 0. The van der Waals surface area contributed by atoms with Crippen molar-refractivity contribution in [1.29, 1.82) is 0 Å². The summed E-state index contributed by atoms with van der Waals surface area (Å²) in [5.74, 6) is 1.54. The molecule has 1 nitrogen and oxygen atoms in total. The minimum atomic E-state index is 0.524. The summed E-state index contributed by atoms with van der Waals surface area (Å²) >= 11 is 2.58. The lowest BCUT2D eigenvalue weighted by Gasteiger charge is -2.27. The smallest absolute Gasteiger partial charge is 0.0692 e. The van der Waals surface area contributed by atoms with E-state index in [4.69, 9.17) is 4.74 Å². The number of halogens is 1. The van der Waals surface area contributed by atoms with E-state index in [0.717, 1.165) is 22.4 Å². The molecule has 3 rings (SSSR count). The molecule has 2 fully saturated rings. The van der Waals surface area contributed by atoms with Gasteiger partial charge in [0.1, 0.15) is 0 Å². The van der Waals surface area contributed by atoms with Gasteiger partial charge in [0, 0.05) is 3.92 Å². The molecular weight excluding hydrogens is 335 g/mol. The summed E-state index contributed by atoms with van der Waals surface area (Å²) in [7, 11) is 0. The van der Waals surface area contributed by atoms with Gasteiger partial charge in [0.05, 0.1) is 12.7 Å². The van der Waals surface area contributed by atoms with Crippen LogP contribution in [-0.4, -0.2) is 16.6 Å². The summed E-state index contributed by atoms with van der Waals surface area (Å²) < 4.78 is 6.90. The van der Waals surface area contributed by atoms with E-state index in [2.05, 4.69) is 52.9 Å². The van der Waals surface area contributed by atoms with Crippen LogP contribution in [0.4, 0.5) is 0 Å². The molecule has 0 heterocycles. The highest BCUT2D eigenvalue weighted by atomic mass is 127. The van der Waals surface area contributed by atoms with Crippen LogP contribution in [0.15, 0.2) is 30.3 Å². The molecule has 0 radical (unpaired) electrons. The van der Waals surface area contributed by atoms with E-state index in [0.29, 0.717) is 6.10 Å². The monoisotopic (exact) mass is 356 g/mol. The SMILES string of the molecule is I[C@H]1CCCC[C@H]1OC[C@H]1C[C@@H]1c1ccccc1. The Balaban J connectivity index is 1.46. The van der Waals surface area contributed by atoms with E-state index in [1.807, 2.05) is 0 Å². The third kappa shape index (κ3) is 3.08. The summed E-state index contributed by atoms with van der Waals surface area (Å²) in [4.78, 5) is 0. The van der Waals surface area contributed by atoms with Crippen LogP contribution in [0, 0.1) is 5.92 Å². The quantitative estimate of drug-likeness (QED) is 0.568. The van der Waals surface area contributed by atoms with E-state index in [9.17, 15) is 0 Å². The van der Waals surface area contributed by atoms with Crippen molar-refractivity contribution in [1.82, 2.24) is 0 Å². The second-order valence-corrected chi connectivity index (χ2v) is 7.29. The molecule has 0 amide bonds. The fraction of sp³-hybridized carbons (Fsp3) is 0.625. The second kappa shape index (κ2) is 5.91. The van der Waals surface area contributed by atoms with Crippen LogP contribution in [0.2, 0.25) is 0 Å². The topological polar surface area (TPSA) is 9.23 Å². The molecule has 0 saturated heterocycles. The van der Waals surface area contributed by atoms with Crippen LogP contribution in [0.1, 0.15) is 43.6 Å². The number of alkyl halides is 1. The van der Waals surface area contributed by atoms with Crippen molar-refractivity contribution in [3.8, 4) is 0 Å². The highest BCUT2D eigenvalue weighted by Gasteiger charge is 2.39. The maximum atomic E-state index is 6.16. The molecule has 0 spiro atoms. The summed E-state index contributed by atoms with van der Waals surface area (Å²) in [5, 5.41) is 0. The van der Waals surface area contributed by atoms with E-state index in [-0.39, 0.29) is 0 Å². The lowest BCUT2D eigenvalue weighted by atomic mass is 9.98. The Morgan fingerprint density at radius 3 is 2.67 bits per heavy atom. The van der Waals surface area contributed by atoms with Gasteiger partial charge in [0.25, 0.3) is 0 Å². The zero-order chi connectivity index (χ0) is 12.4. The van der Waals surface area contributed by atoms with Crippen LogP contribution < -0.4 is 0 Å². The third-order valence-corrected chi connectivity index (χ3v) is 5.72. The average molecular weight is 356 g/mol. The zero-order valence-electron chi connectivity index (χ0n) is 10.7. The maximum Gasteiger partial charge on any atom is 0.0692 e. The van der Waals surface area contributed by atoms with E-state index >= 15 is 0 Å². The van der Waals surface area contributed by atoms with Gasteiger partial charge in [-0.25, -0.2) is 0 Å². The summed E-state index contributed by atoms with van der Waals surface area (Å²) in [6.07, 6.45) is 7.22. The Kier molecular flexibility index (Phi) is 4.24. The van der Waals surface area contributed by atoms with E-state index < -0.39 is 0 Å². The number of ether oxygens (including phenoxy) is 1. The van der Waals surface area contributed by atoms with Gasteiger partial charge in [-0.05, 0) is 36.7 Å². The molecule has 0 N–H and O–H groups in total. The van der Waals surface area contributed by atoms with Crippen molar-refractivity contribution < 1.29 is 4.74 Å².